The Morgan fingerprint density at radius 2 is 1.84 bits per heavy atom. The molecule has 2 aromatic carbocycles. The van der Waals surface area contributed by atoms with E-state index in [0.29, 0.717) is 37.4 Å². The van der Waals surface area contributed by atoms with Crippen LogP contribution in [0.25, 0.3) is 0 Å². The molecular formula is C22H25ClN4O5. The summed E-state index contributed by atoms with van der Waals surface area (Å²) in [6.07, 6.45) is 1.21. The van der Waals surface area contributed by atoms with Crippen molar-refractivity contribution >= 4 is 40.5 Å². The van der Waals surface area contributed by atoms with Crippen molar-refractivity contribution in [3.63, 3.8) is 0 Å². The highest BCUT2D eigenvalue weighted by atomic mass is 35.5. The van der Waals surface area contributed by atoms with Crippen molar-refractivity contribution in [1.82, 2.24) is 4.90 Å². The van der Waals surface area contributed by atoms with E-state index in [-0.39, 0.29) is 34.1 Å². The monoisotopic (exact) mass is 460 g/mol. The third kappa shape index (κ3) is 5.54. The Balaban J connectivity index is 1.55. The van der Waals surface area contributed by atoms with E-state index in [1.54, 1.807) is 26.2 Å². The number of para-hydroxylation sites is 2. The van der Waals surface area contributed by atoms with E-state index in [4.69, 9.17) is 16.3 Å². The summed E-state index contributed by atoms with van der Waals surface area (Å²) in [5, 5.41) is 16.8. The molecule has 170 valence electrons. The van der Waals surface area contributed by atoms with Gasteiger partial charge in [-0.2, -0.15) is 0 Å². The number of amides is 2. The molecule has 1 heterocycles. The number of piperidine rings is 1. The molecule has 32 heavy (non-hydrogen) atoms. The molecular weight excluding hydrogens is 436 g/mol. The molecule has 10 heteroatoms. The lowest BCUT2D eigenvalue weighted by Gasteiger charge is -2.34. The minimum atomic E-state index is -0.545. The maximum absolute atomic E-state index is 12.7. The quantitative estimate of drug-likeness (QED) is 0.478. The lowest BCUT2D eigenvalue weighted by molar-refractivity contribution is -0.384. The Bertz CT molecular complexity index is 1010. The minimum absolute atomic E-state index is 0.0744. The first-order valence-electron chi connectivity index (χ1n) is 10.2. The number of halogens is 1. The van der Waals surface area contributed by atoms with Gasteiger partial charge in [-0.1, -0.05) is 23.7 Å². The number of benzene rings is 2. The van der Waals surface area contributed by atoms with Crippen molar-refractivity contribution < 1.29 is 19.2 Å². The van der Waals surface area contributed by atoms with Gasteiger partial charge in [0, 0.05) is 18.1 Å². The van der Waals surface area contributed by atoms with Gasteiger partial charge in [0.05, 0.1) is 34.5 Å². The molecule has 2 N–H and O–H groups in total. The fraction of sp³-hybridized carbons (Fsp3) is 0.364. The van der Waals surface area contributed by atoms with Crippen LogP contribution in [0.4, 0.5) is 17.1 Å². The highest BCUT2D eigenvalue weighted by Crippen LogP contribution is 2.28. The molecule has 3 rings (SSSR count). The number of nitrogens with zero attached hydrogens (tertiary/aromatic N) is 2. The Morgan fingerprint density at radius 1 is 1.16 bits per heavy atom. The first-order chi connectivity index (χ1) is 15.3. The largest absolute Gasteiger partial charge is 0.495 e. The number of nitro groups is 1. The van der Waals surface area contributed by atoms with Crippen LogP contribution in [-0.4, -0.2) is 47.9 Å². The average molecular weight is 461 g/mol. The molecule has 0 aromatic heterocycles. The van der Waals surface area contributed by atoms with Crippen molar-refractivity contribution in [1.29, 1.82) is 0 Å². The Morgan fingerprint density at radius 3 is 2.50 bits per heavy atom. The maximum atomic E-state index is 12.7. The van der Waals surface area contributed by atoms with Crippen LogP contribution < -0.4 is 15.4 Å². The van der Waals surface area contributed by atoms with Crippen LogP contribution in [0.3, 0.4) is 0 Å². The maximum Gasteiger partial charge on any atom is 0.271 e. The number of carbonyl (C=O) groups excluding carboxylic acids is 2. The molecule has 2 aromatic rings. The number of hydrogen-bond acceptors (Lipinski definition) is 6. The molecule has 0 saturated carbocycles. The summed E-state index contributed by atoms with van der Waals surface area (Å²) in [7, 11) is 1.55. The number of hydrogen-bond donors (Lipinski definition) is 2. The van der Waals surface area contributed by atoms with Crippen molar-refractivity contribution in [2.24, 2.45) is 5.92 Å². The molecule has 1 unspecified atom stereocenters. The number of non-ortho nitro benzene ring substituents is 1. The normalized spacial score (nSPS) is 15.6. The second-order valence-corrected chi connectivity index (χ2v) is 7.99. The Hall–Kier alpha value is -3.17. The number of nitro benzene ring substituents is 1. The van der Waals surface area contributed by atoms with Gasteiger partial charge in [0.15, 0.2) is 0 Å². The zero-order valence-corrected chi connectivity index (χ0v) is 18.6. The van der Waals surface area contributed by atoms with Gasteiger partial charge in [0.2, 0.25) is 11.8 Å². The van der Waals surface area contributed by atoms with Gasteiger partial charge in [0.1, 0.15) is 5.75 Å². The third-order valence-electron chi connectivity index (χ3n) is 5.61. The van der Waals surface area contributed by atoms with Gasteiger partial charge in [-0.3, -0.25) is 24.6 Å². The predicted molar refractivity (Wildman–Crippen MR) is 122 cm³/mol. The number of rotatable bonds is 7. The summed E-state index contributed by atoms with van der Waals surface area (Å²) in [5.74, 6) is 0.0417. The number of carbonyl (C=O) groups is 2. The van der Waals surface area contributed by atoms with Gasteiger partial charge in [-0.25, -0.2) is 0 Å². The van der Waals surface area contributed by atoms with E-state index < -0.39 is 11.0 Å². The zero-order chi connectivity index (χ0) is 23.3. The van der Waals surface area contributed by atoms with E-state index in [1.807, 2.05) is 17.0 Å². The van der Waals surface area contributed by atoms with Gasteiger partial charge in [-0.05, 0) is 51.1 Å². The van der Waals surface area contributed by atoms with E-state index in [9.17, 15) is 19.7 Å². The van der Waals surface area contributed by atoms with E-state index >= 15 is 0 Å². The molecule has 1 fully saturated rings. The first kappa shape index (κ1) is 23.5. The lowest BCUT2D eigenvalue weighted by Crippen LogP contribution is -2.47. The van der Waals surface area contributed by atoms with E-state index in [0.717, 1.165) is 0 Å². The molecule has 0 bridgehead atoms. The molecule has 0 radical (unpaired) electrons. The van der Waals surface area contributed by atoms with Crippen molar-refractivity contribution in [3.05, 3.63) is 57.6 Å². The Kier molecular flexibility index (Phi) is 7.66. The molecule has 1 aliphatic rings. The summed E-state index contributed by atoms with van der Waals surface area (Å²) < 4.78 is 5.27. The highest BCUT2D eigenvalue weighted by Gasteiger charge is 2.30. The van der Waals surface area contributed by atoms with Gasteiger partial charge >= 0.3 is 0 Å². The SMILES string of the molecule is COc1ccccc1NC(=O)C1CCN(C(C)C(=O)Nc2cc([N+](=O)[O-])ccc2Cl)CC1. The number of nitrogens with one attached hydrogen (secondary N) is 2. The number of methoxy groups -OCH3 is 1. The fourth-order valence-corrected chi connectivity index (χ4v) is 3.82. The number of anilines is 2. The highest BCUT2D eigenvalue weighted by molar-refractivity contribution is 6.33. The van der Waals surface area contributed by atoms with Gasteiger partial charge < -0.3 is 15.4 Å². The van der Waals surface area contributed by atoms with Crippen LogP contribution in [0.1, 0.15) is 19.8 Å². The minimum Gasteiger partial charge on any atom is -0.495 e. The average Bonchev–Trinajstić information content (AvgIpc) is 2.80. The van der Waals surface area contributed by atoms with Crippen LogP contribution in [0.5, 0.6) is 5.75 Å². The van der Waals surface area contributed by atoms with Crippen LogP contribution in [-0.2, 0) is 9.59 Å². The van der Waals surface area contributed by atoms with Crippen LogP contribution in [0.15, 0.2) is 42.5 Å². The molecule has 1 saturated heterocycles. The summed E-state index contributed by atoms with van der Waals surface area (Å²) in [6.45, 7) is 2.90. The Labute approximate surface area is 190 Å². The molecule has 2 amide bonds. The molecule has 0 spiro atoms. The first-order valence-corrected chi connectivity index (χ1v) is 10.6. The summed E-state index contributed by atoms with van der Waals surface area (Å²) in [5.41, 5.74) is 0.673. The van der Waals surface area contributed by atoms with Crippen molar-refractivity contribution in [2.75, 3.05) is 30.8 Å². The molecule has 0 aliphatic carbocycles. The smallest absolute Gasteiger partial charge is 0.271 e. The summed E-state index contributed by atoms with van der Waals surface area (Å²) >= 11 is 6.07. The van der Waals surface area contributed by atoms with Crippen LogP contribution >= 0.6 is 11.6 Å². The third-order valence-corrected chi connectivity index (χ3v) is 5.94. The van der Waals surface area contributed by atoms with E-state index in [1.165, 1.54) is 18.2 Å². The number of likely N-dealkylation sites (tertiary alicyclic amines) is 1. The van der Waals surface area contributed by atoms with Crippen molar-refractivity contribution in [3.8, 4) is 5.75 Å². The molecule has 1 atom stereocenters. The van der Waals surface area contributed by atoms with Gasteiger partial charge in [-0.15, -0.1) is 0 Å². The zero-order valence-electron chi connectivity index (χ0n) is 17.8. The summed E-state index contributed by atoms with van der Waals surface area (Å²) in [4.78, 5) is 37.8. The van der Waals surface area contributed by atoms with Crippen molar-refractivity contribution in [2.45, 2.75) is 25.8 Å². The van der Waals surface area contributed by atoms with Gasteiger partial charge in [0.25, 0.3) is 5.69 Å². The van der Waals surface area contributed by atoms with Crippen LogP contribution in [0.2, 0.25) is 5.02 Å². The molecule has 1 aliphatic heterocycles. The second-order valence-electron chi connectivity index (χ2n) is 7.59. The summed E-state index contributed by atoms with van der Waals surface area (Å²) in [6, 6.07) is 10.6. The van der Waals surface area contributed by atoms with Crippen LogP contribution in [0, 0.1) is 16.0 Å². The predicted octanol–water partition coefficient (Wildman–Crippen LogP) is 3.93. The van der Waals surface area contributed by atoms with E-state index in [2.05, 4.69) is 10.6 Å². The standard InChI is InChI=1S/C22H25ClN4O5/c1-14(21(28)25-19-13-16(27(30)31)7-8-17(19)23)26-11-9-15(10-12-26)22(29)24-18-5-3-4-6-20(18)32-2/h3-8,13-15H,9-12H2,1-2H3,(H,24,29)(H,25,28). The molecule has 9 nitrogen and oxygen atoms in total. The second kappa shape index (κ2) is 10.4. The lowest BCUT2D eigenvalue weighted by atomic mass is 9.94. The fourth-order valence-electron chi connectivity index (χ4n) is 3.66. The number of ether oxygens (including phenoxy) is 1. The topological polar surface area (TPSA) is 114 Å².